The Hall–Kier alpha value is -1.51. The number of amides is 1. The van der Waals surface area contributed by atoms with E-state index in [1.165, 1.54) is 17.5 Å². The first-order valence-corrected chi connectivity index (χ1v) is 8.60. The predicted octanol–water partition coefficient (Wildman–Crippen LogP) is 4.72. The second-order valence-corrected chi connectivity index (χ2v) is 6.80. The summed E-state index contributed by atoms with van der Waals surface area (Å²) < 4.78 is 1.16. The second-order valence-electron chi connectivity index (χ2n) is 4.34. The zero-order valence-electron chi connectivity index (χ0n) is 11.1. The number of carbonyl (C=O) groups excluding carboxylic acids is 1. The maximum Gasteiger partial charge on any atom is 0.260 e. The highest BCUT2D eigenvalue weighted by Gasteiger charge is 2.13. The summed E-state index contributed by atoms with van der Waals surface area (Å²) in [5, 5.41) is 5.35. The van der Waals surface area contributed by atoms with Crippen molar-refractivity contribution in [2.45, 2.75) is 0 Å². The van der Waals surface area contributed by atoms with Crippen molar-refractivity contribution < 1.29 is 4.79 Å². The van der Waals surface area contributed by atoms with Crippen LogP contribution in [0.5, 0.6) is 0 Å². The lowest BCUT2D eigenvalue weighted by Crippen LogP contribution is -2.12. The van der Waals surface area contributed by atoms with Crippen LogP contribution in [-0.4, -0.2) is 15.9 Å². The van der Waals surface area contributed by atoms with Crippen LogP contribution >= 0.6 is 45.5 Å². The number of pyridine rings is 1. The maximum atomic E-state index is 12.2. The summed E-state index contributed by atoms with van der Waals surface area (Å²) >= 11 is 9.53. The third kappa shape index (κ3) is 3.45. The third-order valence-electron chi connectivity index (χ3n) is 2.87. The number of nitrogens with zero attached hydrogens (tertiary/aromatic N) is 2. The molecule has 0 aliphatic carbocycles. The maximum absolute atomic E-state index is 12.2. The fraction of sp³-hybridized carbons (Fsp3) is 0. The quantitative estimate of drug-likeness (QED) is 0.473. The number of thiazole rings is 1. The van der Waals surface area contributed by atoms with E-state index in [9.17, 15) is 4.79 Å². The number of carbonyl (C=O) groups is 1. The monoisotopic (exact) mass is 441 g/mol. The lowest BCUT2D eigenvalue weighted by Gasteiger charge is -2.02. The highest BCUT2D eigenvalue weighted by atomic mass is 127. The molecular weight excluding hydrogens is 433 g/mol. The molecule has 22 heavy (non-hydrogen) atoms. The van der Waals surface area contributed by atoms with Gasteiger partial charge in [-0.15, -0.1) is 11.3 Å². The summed E-state index contributed by atoms with van der Waals surface area (Å²) in [6.45, 7) is 0. The summed E-state index contributed by atoms with van der Waals surface area (Å²) in [5.41, 5.74) is 2.17. The number of aromatic nitrogens is 2. The molecule has 0 radical (unpaired) electrons. The van der Waals surface area contributed by atoms with Crippen molar-refractivity contribution in [2.75, 3.05) is 5.32 Å². The van der Waals surface area contributed by atoms with Crippen LogP contribution < -0.4 is 5.32 Å². The van der Waals surface area contributed by atoms with Gasteiger partial charge in [0.1, 0.15) is 5.15 Å². The molecule has 0 saturated carbocycles. The smallest absolute Gasteiger partial charge is 0.260 e. The minimum atomic E-state index is -0.318. The second kappa shape index (κ2) is 6.72. The lowest BCUT2D eigenvalue weighted by atomic mass is 10.2. The molecule has 0 unspecified atom stereocenters. The van der Waals surface area contributed by atoms with Crippen LogP contribution in [0.2, 0.25) is 5.15 Å². The van der Waals surface area contributed by atoms with Gasteiger partial charge >= 0.3 is 0 Å². The summed E-state index contributed by atoms with van der Waals surface area (Å²) in [6, 6.07) is 11.3. The number of benzene rings is 1. The van der Waals surface area contributed by atoms with Gasteiger partial charge in [-0.1, -0.05) is 23.7 Å². The third-order valence-corrected chi connectivity index (χ3v) is 4.65. The number of hydrogen-bond donors (Lipinski definition) is 1. The Kier molecular flexibility index (Phi) is 4.70. The topological polar surface area (TPSA) is 54.9 Å². The van der Waals surface area contributed by atoms with Gasteiger partial charge in [0.25, 0.3) is 5.91 Å². The van der Waals surface area contributed by atoms with Crippen molar-refractivity contribution in [3.8, 4) is 11.3 Å². The van der Waals surface area contributed by atoms with E-state index in [1.807, 2.05) is 29.6 Å². The highest BCUT2D eigenvalue weighted by molar-refractivity contribution is 14.1. The number of nitrogens with one attached hydrogen (secondary N) is 1. The molecule has 3 aromatic rings. The molecule has 3 rings (SSSR count). The van der Waals surface area contributed by atoms with Gasteiger partial charge < -0.3 is 0 Å². The van der Waals surface area contributed by atoms with Gasteiger partial charge in [-0.05, 0) is 46.9 Å². The van der Waals surface area contributed by atoms with E-state index < -0.39 is 0 Å². The molecular formula is C15H9ClIN3OS. The summed E-state index contributed by atoms with van der Waals surface area (Å²) in [7, 11) is 0. The number of rotatable bonds is 3. The van der Waals surface area contributed by atoms with Crippen molar-refractivity contribution >= 4 is 56.6 Å². The summed E-state index contributed by atoms with van der Waals surface area (Å²) in [6.07, 6.45) is 1.54. The van der Waals surface area contributed by atoms with Crippen molar-refractivity contribution in [3.63, 3.8) is 0 Å². The van der Waals surface area contributed by atoms with Crippen molar-refractivity contribution in [1.29, 1.82) is 0 Å². The zero-order chi connectivity index (χ0) is 15.5. The van der Waals surface area contributed by atoms with Gasteiger partial charge in [-0.3, -0.25) is 10.1 Å². The molecule has 1 amide bonds. The first kappa shape index (κ1) is 15.4. The van der Waals surface area contributed by atoms with Crippen LogP contribution in [0.3, 0.4) is 0 Å². The van der Waals surface area contributed by atoms with E-state index in [0.29, 0.717) is 10.7 Å². The molecule has 1 aromatic carbocycles. The number of halogens is 2. The van der Waals surface area contributed by atoms with Gasteiger partial charge in [0.15, 0.2) is 5.13 Å². The average molecular weight is 442 g/mol. The molecule has 7 heteroatoms. The highest BCUT2D eigenvalue weighted by Crippen LogP contribution is 2.26. The van der Waals surface area contributed by atoms with Gasteiger partial charge in [0, 0.05) is 20.7 Å². The average Bonchev–Trinajstić information content (AvgIpc) is 2.97. The standard InChI is InChI=1S/C15H9ClIN3OS/c16-13-11(2-1-7-18-13)14(21)20-15-19-12(8-22-15)9-3-5-10(17)6-4-9/h1-8H,(H,19,20,21). The molecule has 0 fully saturated rings. The molecule has 0 aliphatic heterocycles. The van der Waals surface area contributed by atoms with E-state index in [0.717, 1.165) is 14.8 Å². The molecule has 0 aliphatic rings. The Bertz CT molecular complexity index is 820. The Labute approximate surface area is 149 Å². The molecule has 0 bridgehead atoms. The molecule has 1 N–H and O–H groups in total. The van der Waals surface area contributed by atoms with Gasteiger partial charge in [0.2, 0.25) is 0 Å². The van der Waals surface area contributed by atoms with Crippen molar-refractivity contribution in [1.82, 2.24) is 9.97 Å². The zero-order valence-corrected chi connectivity index (χ0v) is 14.8. The van der Waals surface area contributed by atoms with Crippen LogP contribution in [0.1, 0.15) is 10.4 Å². The Morgan fingerprint density at radius 3 is 2.73 bits per heavy atom. The van der Waals surface area contributed by atoms with E-state index in [2.05, 4.69) is 37.9 Å². The van der Waals surface area contributed by atoms with Crippen LogP contribution in [0.15, 0.2) is 48.0 Å². The van der Waals surface area contributed by atoms with Crippen LogP contribution in [0, 0.1) is 3.57 Å². The number of anilines is 1. The molecule has 0 spiro atoms. The summed E-state index contributed by atoms with van der Waals surface area (Å²) in [4.78, 5) is 20.5. The lowest BCUT2D eigenvalue weighted by molar-refractivity contribution is 0.102. The minimum Gasteiger partial charge on any atom is -0.298 e. The Balaban J connectivity index is 1.78. The first-order chi connectivity index (χ1) is 10.6. The molecule has 0 atom stereocenters. The fourth-order valence-corrected chi connectivity index (χ4v) is 3.08. The normalized spacial score (nSPS) is 10.5. The molecule has 2 aromatic heterocycles. The van der Waals surface area contributed by atoms with Crippen molar-refractivity contribution in [2.24, 2.45) is 0 Å². The van der Waals surface area contributed by atoms with Crippen LogP contribution in [-0.2, 0) is 0 Å². The summed E-state index contributed by atoms with van der Waals surface area (Å²) in [5.74, 6) is -0.318. The minimum absolute atomic E-state index is 0.175. The largest absolute Gasteiger partial charge is 0.298 e. The number of hydrogen-bond acceptors (Lipinski definition) is 4. The molecule has 2 heterocycles. The van der Waals surface area contributed by atoms with E-state index >= 15 is 0 Å². The van der Waals surface area contributed by atoms with E-state index in [-0.39, 0.29) is 11.1 Å². The Morgan fingerprint density at radius 2 is 2.00 bits per heavy atom. The molecule has 0 saturated heterocycles. The SMILES string of the molecule is O=C(Nc1nc(-c2ccc(I)cc2)cs1)c1cccnc1Cl. The molecule has 4 nitrogen and oxygen atoms in total. The van der Waals surface area contributed by atoms with Crippen LogP contribution in [0.25, 0.3) is 11.3 Å². The van der Waals surface area contributed by atoms with Gasteiger partial charge in [-0.2, -0.15) is 0 Å². The predicted molar refractivity (Wildman–Crippen MR) is 97.5 cm³/mol. The van der Waals surface area contributed by atoms with Gasteiger partial charge in [-0.25, -0.2) is 9.97 Å². The van der Waals surface area contributed by atoms with Crippen molar-refractivity contribution in [3.05, 3.63) is 62.3 Å². The van der Waals surface area contributed by atoms with Crippen LogP contribution in [0.4, 0.5) is 5.13 Å². The van der Waals surface area contributed by atoms with E-state index in [1.54, 1.807) is 12.1 Å². The first-order valence-electron chi connectivity index (χ1n) is 6.27. The Morgan fingerprint density at radius 1 is 1.23 bits per heavy atom. The molecule has 110 valence electrons. The fourth-order valence-electron chi connectivity index (χ4n) is 1.80. The van der Waals surface area contributed by atoms with Gasteiger partial charge in [0.05, 0.1) is 11.3 Å². The van der Waals surface area contributed by atoms with E-state index in [4.69, 9.17) is 11.6 Å².